The third kappa shape index (κ3) is 4.38. The summed E-state index contributed by atoms with van der Waals surface area (Å²) in [5.41, 5.74) is 0. The van der Waals surface area contributed by atoms with Crippen LogP contribution in [0.15, 0.2) is 34.1 Å². The van der Waals surface area contributed by atoms with E-state index in [1.54, 1.807) is 0 Å². The summed E-state index contributed by atoms with van der Waals surface area (Å²) in [6.07, 6.45) is 3.85. The first-order valence-corrected chi connectivity index (χ1v) is 13.3. The summed E-state index contributed by atoms with van der Waals surface area (Å²) in [6, 6.07) is 4.41. The van der Waals surface area contributed by atoms with Crippen LogP contribution in [0.1, 0.15) is 25.7 Å². The second-order valence-corrected chi connectivity index (χ2v) is 12.1. The molecule has 28 heavy (non-hydrogen) atoms. The Bertz CT molecular complexity index is 954. The maximum Gasteiger partial charge on any atom is 0.244 e. The van der Waals surface area contributed by atoms with Crippen molar-refractivity contribution in [1.82, 2.24) is 14.3 Å². The first-order chi connectivity index (χ1) is 13.3. The van der Waals surface area contributed by atoms with Crippen molar-refractivity contribution in [2.24, 2.45) is 5.92 Å². The monoisotopic (exact) mass is 445 g/mol. The lowest BCUT2D eigenvalue weighted by molar-refractivity contribution is -0.123. The van der Waals surface area contributed by atoms with Crippen molar-refractivity contribution < 1.29 is 21.6 Å². The van der Waals surface area contributed by atoms with E-state index in [1.807, 2.05) is 0 Å². The number of benzene rings is 1. The summed E-state index contributed by atoms with van der Waals surface area (Å²) in [7, 11) is -7.53. The van der Waals surface area contributed by atoms with Crippen LogP contribution in [0.25, 0.3) is 0 Å². The van der Waals surface area contributed by atoms with Crippen LogP contribution in [0.5, 0.6) is 0 Å². The van der Waals surface area contributed by atoms with Crippen LogP contribution in [0, 0.1) is 5.92 Å². The molecule has 0 bridgehead atoms. The van der Waals surface area contributed by atoms with Crippen molar-refractivity contribution in [2.45, 2.75) is 47.6 Å². The molecule has 3 aliphatic rings. The lowest BCUT2D eigenvalue weighted by Crippen LogP contribution is -2.47. The molecule has 2 N–H and O–H groups in total. The molecule has 8 nitrogen and oxygen atoms in total. The average molecular weight is 446 g/mol. The summed E-state index contributed by atoms with van der Waals surface area (Å²) in [4.78, 5) is 12.5. The Balaban J connectivity index is 1.49. The number of sulfonamides is 2. The van der Waals surface area contributed by atoms with E-state index in [-0.39, 0.29) is 27.6 Å². The van der Waals surface area contributed by atoms with Crippen LogP contribution in [0.2, 0.25) is 0 Å². The molecule has 0 aromatic heterocycles. The molecule has 2 aliphatic carbocycles. The van der Waals surface area contributed by atoms with Crippen LogP contribution in [-0.2, 0) is 24.8 Å². The highest BCUT2D eigenvalue weighted by atomic mass is 32.2. The highest BCUT2D eigenvalue weighted by molar-refractivity contribution is 8.00. The van der Waals surface area contributed by atoms with Crippen molar-refractivity contribution in [3.63, 3.8) is 0 Å². The molecular weight excluding hydrogens is 422 g/mol. The molecule has 3 fully saturated rings. The van der Waals surface area contributed by atoms with Gasteiger partial charge in [0, 0.05) is 18.3 Å². The van der Waals surface area contributed by atoms with E-state index in [4.69, 9.17) is 0 Å². The first-order valence-electron chi connectivity index (χ1n) is 9.27. The Labute approximate surface area is 169 Å². The maximum absolute atomic E-state index is 13.0. The molecule has 1 unspecified atom stereocenters. The molecule has 0 spiro atoms. The molecule has 11 heteroatoms. The number of hydrogen-bond acceptors (Lipinski definition) is 6. The van der Waals surface area contributed by atoms with Crippen molar-refractivity contribution in [2.75, 3.05) is 18.2 Å². The lowest BCUT2D eigenvalue weighted by atomic mass is 10.3. The fraction of sp³-hybridized carbons (Fsp3) is 0.588. The summed E-state index contributed by atoms with van der Waals surface area (Å²) >= 11 is 1.39. The third-order valence-electron chi connectivity index (χ3n) is 5.05. The molecule has 1 aliphatic heterocycles. The molecule has 1 aromatic carbocycles. The summed E-state index contributed by atoms with van der Waals surface area (Å²) in [6.45, 7) is 0.592. The van der Waals surface area contributed by atoms with Crippen LogP contribution < -0.4 is 10.0 Å². The van der Waals surface area contributed by atoms with Crippen LogP contribution in [-0.4, -0.2) is 57.3 Å². The normalized spacial score (nSPS) is 23.6. The fourth-order valence-corrected chi connectivity index (χ4v) is 7.42. The lowest BCUT2D eigenvalue weighted by Gasteiger charge is -2.22. The predicted molar refractivity (Wildman–Crippen MR) is 106 cm³/mol. The standard InChI is InChI=1S/C17H23N3O5S3/c21-17(18-9-12-1-2-12)16-10-26-11-20(16)28(24,25)15-7-5-14(6-8-15)27(22,23)19-13-3-4-13/h5-8,12-13,16,19H,1-4,9-11H2,(H,18,21). The molecule has 1 aromatic rings. The number of carbonyl (C=O) groups is 1. The Morgan fingerprint density at radius 2 is 1.68 bits per heavy atom. The van der Waals surface area contributed by atoms with E-state index in [0.29, 0.717) is 18.2 Å². The fourth-order valence-electron chi connectivity index (χ4n) is 2.97. The molecule has 154 valence electrons. The van der Waals surface area contributed by atoms with Crippen LogP contribution in [0.4, 0.5) is 0 Å². The predicted octanol–water partition coefficient (Wildman–Crippen LogP) is 0.717. The second-order valence-electron chi connectivity index (χ2n) is 7.46. The minimum atomic E-state index is -3.89. The van der Waals surface area contributed by atoms with Crippen molar-refractivity contribution in [3.8, 4) is 0 Å². The van der Waals surface area contributed by atoms with E-state index in [0.717, 1.165) is 25.7 Å². The number of nitrogens with one attached hydrogen (secondary N) is 2. The van der Waals surface area contributed by atoms with Gasteiger partial charge < -0.3 is 5.32 Å². The zero-order chi connectivity index (χ0) is 19.9. The van der Waals surface area contributed by atoms with Gasteiger partial charge in [-0.05, 0) is 55.9 Å². The average Bonchev–Trinajstić information content (AvgIpc) is 3.59. The molecule has 4 rings (SSSR count). The van der Waals surface area contributed by atoms with E-state index in [1.165, 1.54) is 40.3 Å². The van der Waals surface area contributed by atoms with E-state index < -0.39 is 26.1 Å². The van der Waals surface area contributed by atoms with Gasteiger partial charge in [-0.25, -0.2) is 21.6 Å². The summed E-state index contributed by atoms with van der Waals surface area (Å²) < 4.78 is 54.3. The zero-order valence-electron chi connectivity index (χ0n) is 15.2. The molecule has 2 saturated carbocycles. The first kappa shape index (κ1) is 20.1. The summed E-state index contributed by atoms with van der Waals surface area (Å²) in [5.74, 6) is 0.857. The zero-order valence-corrected chi connectivity index (χ0v) is 17.7. The molecule has 1 amide bonds. The van der Waals surface area contributed by atoms with Crippen LogP contribution in [0.3, 0.4) is 0 Å². The quantitative estimate of drug-likeness (QED) is 0.610. The number of nitrogens with zero attached hydrogens (tertiary/aromatic N) is 1. The highest BCUT2D eigenvalue weighted by Crippen LogP contribution is 2.30. The maximum atomic E-state index is 13.0. The minimum Gasteiger partial charge on any atom is -0.354 e. The summed E-state index contributed by atoms with van der Waals surface area (Å²) in [5, 5.41) is 2.85. The topological polar surface area (TPSA) is 113 Å². The SMILES string of the molecule is O=C(NCC1CC1)C1CSCN1S(=O)(=O)c1ccc(S(=O)(=O)NC2CC2)cc1. The van der Waals surface area contributed by atoms with Crippen LogP contribution >= 0.6 is 11.8 Å². The Morgan fingerprint density at radius 3 is 2.29 bits per heavy atom. The largest absolute Gasteiger partial charge is 0.354 e. The van der Waals surface area contributed by atoms with E-state index >= 15 is 0 Å². The van der Waals surface area contributed by atoms with Gasteiger partial charge in [-0.15, -0.1) is 11.8 Å². The van der Waals surface area contributed by atoms with Gasteiger partial charge in [-0.2, -0.15) is 4.31 Å². The number of amides is 1. The van der Waals surface area contributed by atoms with Crippen molar-refractivity contribution >= 4 is 37.7 Å². The molecule has 0 radical (unpaired) electrons. The molecule has 1 saturated heterocycles. The van der Waals surface area contributed by atoms with Crippen molar-refractivity contribution in [1.29, 1.82) is 0 Å². The van der Waals surface area contributed by atoms with Gasteiger partial charge in [0.15, 0.2) is 0 Å². The minimum absolute atomic E-state index is 0.0136. The van der Waals surface area contributed by atoms with Gasteiger partial charge in [-0.1, -0.05) is 0 Å². The Morgan fingerprint density at radius 1 is 1.04 bits per heavy atom. The van der Waals surface area contributed by atoms with Gasteiger partial charge in [0.1, 0.15) is 6.04 Å². The highest BCUT2D eigenvalue weighted by Gasteiger charge is 2.40. The van der Waals surface area contributed by atoms with Gasteiger partial charge in [-0.3, -0.25) is 4.79 Å². The van der Waals surface area contributed by atoms with E-state index in [2.05, 4.69) is 10.0 Å². The van der Waals surface area contributed by atoms with E-state index in [9.17, 15) is 21.6 Å². The van der Waals surface area contributed by atoms with Gasteiger partial charge in [0.2, 0.25) is 26.0 Å². The molecule has 1 heterocycles. The number of carbonyl (C=O) groups excluding carboxylic acids is 1. The Hall–Kier alpha value is -1.14. The molecular formula is C17H23N3O5S3. The Kier molecular flexibility index (Phi) is 5.47. The van der Waals surface area contributed by atoms with Gasteiger partial charge in [0.05, 0.1) is 15.7 Å². The molecule has 1 atom stereocenters. The second kappa shape index (κ2) is 7.60. The number of rotatable bonds is 8. The number of thioether (sulfide) groups is 1. The number of hydrogen-bond donors (Lipinski definition) is 2. The smallest absolute Gasteiger partial charge is 0.244 e. The van der Waals surface area contributed by atoms with Gasteiger partial charge in [0.25, 0.3) is 0 Å². The van der Waals surface area contributed by atoms with Gasteiger partial charge >= 0.3 is 0 Å². The third-order valence-corrected chi connectivity index (χ3v) is 9.63. The van der Waals surface area contributed by atoms with Crippen molar-refractivity contribution in [3.05, 3.63) is 24.3 Å².